The molecule has 0 saturated carbocycles. The Kier molecular flexibility index (Phi) is 2.73. The predicted octanol–water partition coefficient (Wildman–Crippen LogP) is 0.854. The zero-order valence-corrected chi connectivity index (χ0v) is 10.2. The Labute approximate surface area is 99.8 Å². The molecule has 0 radical (unpaired) electrons. The quantitative estimate of drug-likeness (QED) is 0.609. The first-order valence-electron chi connectivity index (χ1n) is 5.68. The second-order valence-corrected chi connectivity index (χ2v) is 5.33. The third kappa shape index (κ3) is 1.78. The Bertz CT molecular complexity index is 372. The van der Waals surface area contributed by atoms with Crippen LogP contribution in [0.2, 0.25) is 0 Å². The summed E-state index contributed by atoms with van der Waals surface area (Å²) in [7, 11) is 0. The highest BCUT2D eigenvalue weighted by Gasteiger charge is 2.36. The van der Waals surface area contributed by atoms with E-state index in [0.29, 0.717) is 0 Å². The highest BCUT2D eigenvalue weighted by atomic mass is 32.2. The van der Waals surface area contributed by atoms with Gasteiger partial charge in [-0.25, -0.2) is 9.97 Å². The second-order valence-electron chi connectivity index (χ2n) is 4.50. The summed E-state index contributed by atoms with van der Waals surface area (Å²) in [6, 6.07) is 2.10. The third-order valence-corrected chi connectivity index (χ3v) is 4.19. The fourth-order valence-electron chi connectivity index (χ4n) is 2.66. The summed E-state index contributed by atoms with van der Waals surface area (Å²) < 4.78 is 0. The summed E-state index contributed by atoms with van der Waals surface area (Å²) in [6.45, 7) is 4.62. The first-order valence-corrected chi connectivity index (χ1v) is 6.91. The molecular weight excluding hydrogens is 220 g/mol. The number of fused-ring (bicyclic) bond motifs is 1. The standard InChI is InChI=1S/C11H16N4S/c1-16-11-2-10(13-7-14-11)15-5-8-3-12-4-9(8)6-15/h2,7-9,12H,3-6H2,1H3. The largest absolute Gasteiger partial charge is 0.356 e. The molecule has 0 bridgehead atoms. The summed E-state index contributed by atoms with van der Waals surface area (Å²) in [5, 5.41) is 4.51. The van der Waals surface area contributed by atoms with Crippen molar-refractivity contribution < 1.29 is 0 Å². The lowest BCUT2D eigenvalue weighted by Crippen LogP contribution is -2.26. The lowest BCUT2D eigenvalue weighted by molar-refractivity contribution is 0.533. The first-order chi connectivity index (χ1) is 7.86. The van der Waals surface area contributed by atoms with E-state index < -0.39 is 0 Å². The second kappa shape index (κ2) is 4.22. The molecule has 2 aliphatic rings. The molecule has 2 fully saturated rings. The van der Waals surface area contributed by atoms with Gasteiger partial charge in [0.05, 0.1) is 0 Å². The number of rotatable bonds is 2. The molecule has 2 atom stereocenters. The van der Waals surface area contributed by atoms with Crippen LogP contribution < -0.4 is 10.2 Å². The maximum absolute atomic E-state index is 4.38. The van der Waals surface area contributed by atoms with Gasteiger partial charge in [0.1, 0.15) is 17.2 Å². The minimum absolute atomic E-state index is 0.813. The van der Waals surface area contributed by atoms with Gasteiger partial charge in [0.15, 0.2) is 0 Å². The first kappa shape index (κ1) is 10.4. The van der Waals surface area contributed by atoms with Gasteiger partial charge in [-0.3, -0.25) is 0 Å². The molecule has 0 spiro atoms. The topological polar surface area (TPSA) is 41.0 Å². The Hall–Kier alpha value is -0.810. The van der Waals surface area contributed by atoms with E-state index in [4.69, 9.17) is 0 Å². The number of hydrogen-bond donors (Lipinski definition) is 1. The highest BCUT2D eigenvalue weighted by molar-refractivity contribution is 7.98. The van der Waals surface area contributed by atoms with Gasteiger partial charge in [-0.1, -0.05) is 0 Å². The monoisotopic (exact) mass is 236 g/mol. The van der Waals surface area contributed by atoms with Crippen molar-refractivity contribution in [3.05, 3.63) is 12.4 Å². The van der Waals surface area contributed by atoms with Crippen LogP contribution >= 0.6 is 11.8 Å². The average molecular weight is 236 g/mol. The van der Waals surface area contributed by atoms with E-state index in [0.717, 1.165) is 35.8 Å². The lowest BCUT2D eigenvalue weighted by atomic mass is 10.0. The molecule has 1 aromatic heterocycles. The lowest BCUT2D eigenvalue weighted by Gasteiger charge is -2.18. The van der Waals surface area contributed by atoms with Crippen molar-refractivity contribution in [3.63, 3.8) is 0 Å². The molecule has 2 saturated heterocycles. The molecular formula is C11H16N4S. The molecule has 0 aromatic carbocycles. The van der Waals surface area contributed by atoms with Gasteiger partial charge in [0.25, 0.3) is 0 Å². The number of aromatic nitrogens is 2. The SMILES string of the molecule is CSc1cc(N2CC3CNCC3C2)ncn1. The number of thioether (sulfide) groups is 1. The van der Waals surface area contributed by atoms with E-state index in [-0.39, 0.29) is 0 Å². The Morgan fingerprint density at radius 3 is 2.75 bits per heavy atom. The molecule has 2 unspecified atom stereocenters. The molecule has 2 aliphatic heterocycles. The Morgan fingerprint density at radius 2 is 2.06 bits per heavy atom. The number of anilines is 1. The Balaban J connectivity index is 1.78. The zero-order valence-electron chi connectivity index (χ0n) is 9.39. The normalized spacial score (nSPS) is 28.4. The van der Waals surface area contributed by atoms with Crippen molar-refractivity contribution in [1.82, 2.24) is 15.3 Å². The van der Waals surface area contributed by atoms with Crippen LogP contribution in [-0.2, 0) is 0 Å². The van der Waals surface area contributed by atoms with Crippen molar-refractivity contribution in [1.29, 1.82) is 0 Å². The summed E-state index contributed by atoms with van der Waals surface area (Å²) in [5.41, 5.74) is 0. The molecule has 16 heavy (non-hydrogen) atoms. The van der Waals surface area contributed by atoms with E-state index in [1.165, 1.54) is 13.1 Å². The van der Waals surface area contributed by atoms with E-state index in [2.05, 4.69) is 32.5 Å². The molecule has 0 amide bonds. The van der Waals surface area contributed by atoms with Crippen LogP contribution in [0.5, 0.6) is 0 Å². The van der Waals surface area contributed by atoms with E-state index in [1.807, 2.05) is 0 Å². The van der Waals surface area contributed by atoms with Crippen molar-refractivity contribution in [2.24, 2.45) is 11.8 Å². The van der Waals surface area contributed by atoms with Gasteiger partial charge >= 0.3 is 0 Å². The van der Waals surface area contributed by atoms with Crippen molar-refractivity contribution in [3.8, 4) is 0 Å². The zero-order chi connectivity index (χ0) is 11.0. The fraction of sp³-hybridized carbons (Fsp3) is 0.636. The van der Waals surface area contributed by atoms with Gasteiger partial charge in [-0.2, -0.15) is 0 Å². The van der Waals surface area contributed by atoms with Crippen molar-refractivity contribution in [2.45, 2.75) is 5.03 Å². The molecule has 86 valence electrons. The molecule has 0 aliphatic carbocycles. The molecule has 1 N–H and O–H groups in total. The van der Waals surface area contributed by atoms with Crippen LogP contribution in [0.3, 0.4) is 0 Å². The van der Waals surface area contributed by atoms with Gasteiger partial charge in [-0.05, 0) is 18.1 Å². The summed E-state index contributed by atoms with van der Waals surface area (Å²) >= 11 is 1.67. The van der Waals surface area contributed by atoms with Crippen molar-refractivity contribution in [2.75, 3.05) is 37.3 Å². The predicted molar refractivity (Wildman–Crippen MR) is 65.9 cm³/mol. The van der Waals surface area contributed by atoms with Crippen LogP contribution in [0.4, 0.5) is 5.82 Å². The minimum Gasteiger partial charge on any atom is -0.356 e. The number of nitrogens with one attached hydrogen (secondary N) is 1. The smallest absolute Gasteiger partial charge is 0.133 e. The maximum atomic E-state index is 4.38. The van der Waals surface area contributed by atoms with Gasteiger partial charge in [0, 0.05) is 32.2 Å². The van der Waals surface area contributed by atoms with Crippen molar-refractivity contribution >= 4 is 17.6 Å². The van der Waals surface area contributed by atoms with Crippen LogP contribution in [0.15, 0.2) is 17.4 Å². The van der Waals surface area contributed by atoms with Crippen LogP contribution in [0, 0.1) is 11.8 Å². The van der Waals surface area contributed by atoms with Crippen LogP contribution in [-0.4, -0.2) is 42.4 Å². The van der Waals surface area contributed by atoms with Gasteiger partial charge in [-0.15, -0.1) is 11.8 Å². The Morgan fingerprint density at radius 1 is 1.31 bits per heavy atom. The van der Waals surface area contributed by atoms with Crippen LogP contribution in [0.25, 0.3) is 0 Å². The van der Waals surface area contributed by atoms with E-state index in [9.17, 15) is 0 Å². The van der Waals surface area contributed by atoms with E-state index >= 15 is 0 Å². The van der Waals surface area contributed by atoms with E-state index in [1.54, 1.807) is 18.1 Å². The molecule has 3 rings (SSSR count). The summed E-state index contributed by atoms with van der Waals surface area (Å²) in [4.78, 5) is 11.0. The average Bonchev–Trinajstić information content (AvgIpc) is 2.89. The van der Waals surface area contributed by atoms with Gasteiger partial charge in [0.2, 0.25) is 0 Å². The van der Waals surface area contributed by atoms with Crippen LogP contribution in [0.1, 0.15) is 0 Å². The number of nitrogens with zero attached hydrogens (tertiary/aromatic N) is 3. The molecule has 5 heteroatoms. The third-order valence-electron chi connectivity index (χ3n) is 3.55. The van der Waals surface area contributed by atoms with Gasteiger partial charge < -0.3 is 10.2 Å². The highest BCUT2D eigenvalue weighted by Crippen LogP contribution is 2.30. The molecule has 4 nitrogen and oxygen atoms in total. The molecule has 1 aromatic rings. The minimum atomic E-state index is 0.813. The number of hydrogen-bond acceptors (Lipinski definition) is 5. The summed E-state index contributed by atoms with van der Waals surface area (Å²) in [6.07, 6.45) is 3.72. The summed E-state index contributed by atoms with van der Waals surface area (Å²) in [5.74, 6) is 2.72. The fourth-order valence-corrected chi connectivity index (χ4v) is 3.03. The maximum Gasteiger partial charge on any atom is 0.133 e. The molecule has 3 heterocycles.